The largest absolute Gasteiger partial charge is 0.489 e. The number of sulfonamides is 1. The lowest BCUT2D eigenvalue weighted by Crippen LogP contribution is -2.34. The van der Waals surface area contributed by atoms with Crippen LogP contribution in [0, 0.1) is 5.82 Å². The summed E-state index contributed by atoms with van der Waals surface area (Å²) < 4.78 is 47.0. The first-order chi connectivity index (χ1) is 15.3. The van der Waals surface area contributed by atoms with Gasteiger partial charge in [0.1, 0.15) is 23.1 Å². The Kier molecular flexibility index (Phi) is 5.91. The Bertz CT molecular complexity index is 1290. The van der Waals surface area contributed by atoms with Crippen LogP contribution in [0.15, 0.2) is 82.1 Å². The number of hydrogen-bond donors (Lipinski definition) is 1. The topological polar surface area (TPSA) is 88.1 Å². The number of fused-ring (bicyclic) bond motifs is 1. The highest BCUT2D eigenvalue weighted by atomic mass is 32.2. The summed E-state index contributed by atoms with van der Waals surface area (Å²) in [6, 6.07) is 19.4. The van der Waals surface area contributed by atoms with Gasteiger partial charge in [0.15, 0.2) is 5.84 Å². The molecule has 0 atom stereocenters. The third-order valence-electron chi connectivity index (χ3n) is 4.79. The van der Waals surface area contributed by atoms with Gasteiger partial charge in [0.25, 0.3) is 10.0 Å². The molecule has 0 aliphatic carbocycles. The first-order valence-electron chi connectivity index (χ1n) is 9.74. The highest BCUT2D eigenvalue weighted by Crippen LogP contribution is 2.27. The number of halogens is 1. The number of carbonyl (C=O) groups is 1. The smallest absolute Gasteiger partial charge is 0.285 e. The molecule has 0 unspecified atom stereocenters. The lowest BCUT2D eigenvalue weighted by molar-refractivity contribution is -0.116. The summed E-state index contributed by atoms with van der Waals surface area (Å²) in [6.07, 6.45) is 0. The van der Waals surface area contributed by atoms with E-state index < -0.39 is 10.0 Å². The molecule has 3 aromatic rings. The minimum absolute atomic E-state index is 0.0939. The molecular formula is C23H20FN3O4S. The second-order valence-electron chi connectivity index (χ2n) is 7.23. The van der Waals surface area contributed by atoms with Gasteiger partial charge < -0.3 is 15.0 Å². The average molecular weight is 453 g/mol. The Morgan fingerprint density at radius 2 is 1.81 bits per heavy atom. The van der Waals surface area contributed by atoms with E-state index in [1.807, 2.05) is 0 Å². The maximum atomic E-state index is 13.0. The zero-order valence-electron chi connectivity index (χ0n) is 17.2. The third kappa shape index (κ3) is 4.78. The van der Waals surface area contributed by atoms with Gasteiger partial charge in [0, 0.05) is 24.4 Å². The Morgan fingerprint density at radius 1 is 1.06 bits per heavy atom. The van der Waals surface area contributed by atoms with Gasteiger partial charge >= 0.3 is 0 Å². The van der Waals surface area contributed by atoms with E-state index in [9.17, 15) is 17.6 Å². The van der Waals surface area contributed by atoms with Crippen LogP contribution in [0.1, 0.15) is 11.1 Å². The molecule has 0 bridgehead atoms. The van der Waals surface area contributed by atoms with E-state index in [1.165, 1.54) is 23.1 Å². The lowest BCUT2D eigenvalue weighted by atomic mass is 10.2. The monoisotopic (exact) mass is 453 g/mol. The van der Waals surface area contributed by atoms with Gasteiger partial charge in [-0.25, -0.2) is 4.39 Å². The summed E-state index contributed by atoms with van der Waals surface area (Å²) >= 11 is 0. The predicted octanol–water partition coefficient (Wildman–Crippen LogP) is 3.42. The highest BCUT2D eigenvalue weighted by molar-refractivity contribution is 7.90. The number of amidine groups is 1. The molecule has 7 nitrogen and oxygen atoms in total. The van der Waals surface area contributed by atoms with Crippen molar-refractivity contribution in [2.75, 3.05) is 18.9 Å². The van der Waals surface area contributed by atoms with Crippen LogP contribution in [0.4, 0.5) is 10.1 Å². The molecule has 1 aliphatic rings. The van der Waals surface area contributed by atoms with Gasteiger partial charge in [-0.3, -0.25) is 4.79 Å². The van der Waals surface area contributed by atoms with Crippen molar-refractivity contribution in [3.05, 3.63) is 89.7 Å². The normalized spacial score (nSPS) is 13.8. The van der Waals surface area contributed by atoms with Gasteiger partial charge in [-0.05, 0) is 42.0 Å². The zero-order chi connectivity index (χ0) is 22.7. The van der Waals surface area contributed by atoms with Crippen molar-refractivity contribution in [1.82, 2.24) is 4.90 Å². The van der Waals surface area contributed by atoms with Gasteiger partial charge in [0.05, 0.1) is 6.54 Å². The molecule has 9 heteroatoms. The lowest BCUT2D eigenvalue weighted by Gasteiger charge is -2.18. The molecule has 0 saturated heterocycles. The molecule has 0 spiro atoms. The third-order valence-corrected chi connectivity index (χ3v) is 6.12. The second-order valence-corrected chi connectivity index (χ2v) is 8.81. The van der Waals surface area contributed by atoms with Crippen molar-refractivity contribution < 1.29 is 22.3 Å². The number of nitrogens with one attached hydrogen (secondary N) is 1. The fourth-order valence-corrected chi connectivity index (χ4v) is 4.52. The Morgan fingerprint density at radius 3 is 2.59 bits per heavy atom. The number of hydrogen-bond acceptors (Lipinski definition) is 5. The number of likely N-dealkylation sites (N-methyl/N-ethyl adjacent to an activating group) is 1. The van der Waals surface area contributed by atoms with E-state index in [1.54, 1.807) is 61.6 Å². The molecule has 0 aromatic heterocycles. The van der Waals surface area contributed by atoms with Crippen LogP contribution in [0.2, 0.25) is 0 Å². The van der Waals surface area contributed by atoms with Crippen molar-refractivity contribution in [2.24, 2.45) is 4.40 Å². The molecule has 0 fully saturated rings. The van der Waals surface area contributed by atoms with E-state index in [-0.39, 0.29) is 35.6 Å². The summed E-state index contributed by atoms with van der Waals surface area (Å²) in [7, 11) is -2.15. The van der Waals surface area contributed by atoms with Crippen molar-refractivity contribution in [3.63, 3.8) is 0 Å². The summed E-state index contributed by atoms with van der Waals surface area (Å²) in [5.41, 5.74) is 1.82. The number of nitrogens with zero attached hydrogens (tertiary/aromatic N) is 2. The van der Waals surface area contributed by atoms with Crippen molar-refractivity contribution in [1.29, 1.82) is 0 Å². The molecular weight excluding hydrogens is 433 g/mol. The molecule has 1 N–H and O–H groups in total. The molecule has 1 aliphatic heterocycles. The number of ether oxygens (including phenoxy) is 1. The number of carbonyl (C=O) groups excluding carboxylic acids is 1. The van der Waals surface area contributed by atoms with Crippen LogP contribution < -0.4 is 10.1 Å². The standard InChI is InChI=1S/C23H20FN3O4S/c1-27(23-20-7-2-3-8-21(20)32(29,30)26-23)14-22(28)25-18-5-4-6-19(13-18)31-15-16-9-11-17(24)12-10-16/h2-13H,14-15H2,1H3,(H,25,28). The van der Waals surface area contributed by atoms with E-state index in [0.717, 1.165) is 5.56 Å². The Balaban J connectivity index is 1.38. The molecule has 0 saturated carbocycles. The van der Waals surface area contributed by atoms with Crippen LogP contribution in [-0.4, -0.2) is 38.7 Å². The maximum absolute atomic E-state index is 13.0. The van der Waals surface area contributed by atoms with Gasteiger partial charge in [-0.2, -0.15) is 8.42 Å². The van der Waals surface area contributed by atoms with E-state index in [4.69, 9.17) is 4.74 Å². The average Bonchev–Trinajstić information content (AvgIpc) is 3.05. The predicted molar refractivity (Wildman–Crippen MR) is 119 cm³/mol. The second kappa shape index (κ2) is 8.80. The summed E-state index contributed by atoms with van der Waals surface area (Å²) in [5.74, 6) is 0.119. The van der Waals surface area contributed by atoms with Crippen LogP contribution in [0.25, 0.3) is 0 Å². The number of benzene rings is 3. The molecule has 164 valence electrons. The van der Waals surface area contributed by atoms with Gasteiger partial charge in [-0.1, -0.05) is 30.3 Å². The number of amides is 1. The Labute approximate surface area is 185 Å². The summed E-state index contributed by atoms with van der Waals surface area (Å²) in [6.45, 7) is 0.164. The first kappa shape index (κ1) is 21.5. The maximum Gasteiger partial charge on any atom is 0.285 e. The summed E-state index contributed by atoms with van der Waals surface area (Å²) in [4.78, 5) is 14.2. The molecule has 1 amide bonds. The molecule has 4 rings (SSSR count). The molecule has 32 heavy (non-hydrogen) atoms. The van der Waals surface area contributed by atoms with Crippen LogP contribution in [-0.2, 0) is 21.4 Å². The molecule has 0 radical (unpaired) electrons. The van der Waals surface area contributed by atoms with Crippen molar-refractivity contribution in [2.45, 2.75) is 11.5 Å². The summed E-state index contributed by atoms with van der Waals surface area (Å²) in [5, 5.41) is 2.77. The Hall–Kier alpha value is -3.72. The zero-order valence-corrected chi connectivity index (χ0v) is 18.0. The fourth-order valence-electron chi connectivity index (χ4n) is 3.27. The van der Waals surface area contributed by atoms with Crippen LogP contribution in [0.3, 0.4) is 0 Å². The van der Waals surface area contributed by atoms with Gasteiger partial charge in [0.2, 0.25) is 5.91 Å². The van der Waals surface area contributed by atoms with Crippen LogP contribution >= 0.6 is 0 Å². The van der Waals surface area contributed by atoms with Crippen molar-refractivity contribution >= 4 is 27.5 Å². The first-order valence-corrected chi connectivity index (χ1v) is 11.2. The highest BCUT2D eigenvalue weighted by Gasteiger charge is 2.30. The molecule has 1 heterocycles. The number of rotatable bonds is 6. The van der Waals surface area contributed by atoms with Gasteiger partial charge in [-0.15, -0.1) is 4.40 Å². The minimum atomic E-state index is -3.75. The van der Waals surface area contributed by atoms with Crippen LogP contribution in [0.5, 0.6) is 5.75 Å². The molecule has 3 aromatic carbocycles. The van der Waals surface area contributed by atoms with E-state index in [2.05, 4.69) is 9.71 Å². The quantitative estimate of drug-likeness (QED) is 0.618. The minimum Gasteiger partial charge on any atom is -0.489 e. The van der Waals surface area contributed by atoms with E-state index >= 15 is 0 Å². The van der Waals surface area contributed by atoms with E-state index in [0.29, 0.717) is 17.0 Å². The SMILES string of the molecule is CN(CC(=O)Nc1cccc(OCc2ccc(F)cc2)c1)C1=NS(=O)(=O)c2ccccc21. The number of anilines is 1. The van der Waals surface area contributed by atoms with Crippen molar-refractivity contribution in [3.8, 4) is 5.75 Å². The fraction of sp³-hybridized carbons (Fsp3) is 0.130.